The van der Waals surface area contributed by atoms with Crippen LogP contribution in [0.5, 0.6) is 0 Å². The number of aliphatic carboxylic acids is 1. The fraction of sp³-hybridized carbons (Fsp3) is 0.818. The average Bonchev–Trinajstić information content (AvgIpc) is 2.90. The molecule has 3 rings (SSSR count). The molecule has 0 aliphatic carbocycles. The number of amides is 2. The zero-order chi connectivity index (χ0) is 33.4. The van der Waals surface area contributed by atoms with E-state index in [1.807, 2.05) is 0 Å². The summed E-state index contributed by atoms with van der Waals surface area (Å²) in [6, 6.07) is -3.12. The molecule has 0 bridgehead atoms. The smallest absolute Gasteiger partial charge is 0.397 e. The van der Waals surface area contributed by atoms with Crippen LogP contribution in [0.2, 0.25) is 0 Å². The molecule has 0 aromatic heterocycles. The van der Waals surface area contributed by atoms with Crippen LogP contribution in [0.4, 0.5) is 0 Å². The van der Waals surface area contributed by atoms with E-state index in [1.54, 1.807) is 0 Å². The second-order valence-electron chi connectivity index (χ2n) is 10.5. The molecule has 252 valence electrons. The van der Waals surface area contributed by atoms with Crippen molar-refractivity contribution in [2.24, 2.45) is 0 Å². The number of carbonyl (C=O) groups excluding carboxylic acids is 3. The summed E-state index contributed by atoms with van der Waals surface area (Å²) in [5.41, 5.74) is 0. The molecule has 3 aliphatic rings. The highest BCUT2D eigenvalue weighted by Gasteiger charge is 2.61. The van der Waals surface area contributed by atoms with Crippen molar-refractivity contribution in [1.29, 1.82) is 0 Å². The number of carbonyl (C=O) groups is 4. The van der Waals surface area contributed by atoms with Crippen LogP contribution < -0.4 is 10.6 Å². The van der Waals surface area contributed by atoms with Crippen LogP contribution in [0, 0.1) is 0 Å². The Kier molecular flexibility index (Phi) is 10.9. The van der Waals surface area contributed by atoms with E-state index in [0.717, 1.165) is 13.8 Å². The van der Waals surface area contributed by atoms with Crippen LogP contribution in [0.3, 0.4) is 0 Å². The molecule has 0 aromatic rings. The number of ether oxygens (including phenoxy) is 4. The molecule has 2 amide bonds. The van der Waals surface area contributed by atoms with Gasteiger partial charge in [-0.05, 0) is 0 Å². The van der Waals surface area contributed by atoms with Gasteiger partial charge < -0.3 is 65.3 Å². The first-order valence-electron chi connectivity index (χ1n) is 12.9. The van der Waals surface area contributed by atoms with Gasteiger partial charge in [-0.1, -0.05) is 0 Å². The van der Waals surface area contributed by atoms with Gasteiger partial charge in [-0.25, -0.2) is 13.8 Å². The van der Waals surface area contributed by atoms with E-state index in [4.69, 9.17) is 23.5 Å². The van der Waals surface area contributed by atoms with Gasteiger partial charge in [0.15, 0.2) is 0 Å². The molecule has 1 spiro atoms. The third-order valence-corrected chi connectivity index (χ3v) is 7.53. The first-order chi connectivity index (χ1) is 20.2. The first kappa shape index (κ1) is 35.9. The molecule has 0 aromatic carbocycles. The van der Waals surface area contributed by atoms with E-state index in [2.05, 4.69) is 14.8 Å². The number of nitrogens with one attached hydrogen (secondary N) is 2. The zero-order valence-electron chi connectivity index (χ0n) is 23.1. The lowest BCUT2D eigenvalue weighted by molar-refractivity contribution is -0.358. The number of hydrogen-bond donors (Lipinski definition) is 10. The van der Waals surface area contributed by atoms with E-state index in [9.17, 15) is 63.3 Å². The minimum Gasteiger partial charge on any atom is -0.477 e. The van der Waals surface area contributed by atoms with Crippen molar-refractivity contribution in [3.63, 3.8) is 0 Å². The predicted molar refractivity (Wildman–Crippen MR) is 133 cm³/mol. The highest BCUT2D eigenvalue weighted by molar-refractivity contribution is 7.80. The van der Waals surface area contributed by atoms with Gasteiger partial charge in [0.1, 0.15) is 43.2 Å². The van der Waals surface area contributed by atoms with Crippen molar-refractivity contribution >= 4 is 34.2 Å². The summed E-state index contributed by atoms with van der Waals surface area (Å²) in [6.07, 6.45) is -17.6. The van der Waals surface area contributed by atoms with Crippen molar-refractivity contribution in [2.75, 3.05) is 13.2 Å². The maximum Gasteiger partial charge on any atom is 0.397 e. The molecule has 0 unspecified atom stereocenters. The minimum absolute atomic E-state index is 0.751. The van der Waals surface area contributed by atoms with Crippen LogP contribution in [0.1, 0.15) is 26.7 Å². The van der Waals surface area contributed by atoms with Crippen LogP contribution in [0.25, 0.3) is 0 Å². The summed E-state index contributed by atoms with van der Waals surface area (Å²) >= 11 is 0. The van der Waals surface area contributed by atoms with Crippen molar-refractivity contribution in [1.82, 2.24) is 10.6 Å². The Morgan fingerprint density at radius 2 is 1.52 bits per heavy atom. The van der Waals surface area contributed by atoms with Crippen molar-refractivity contribution < 1.29 is 91.0 Å². The molecule has 3 fully saturated rings. The molecule has 21 nitrogen and oxygen atoms in total. The van der Waals surface area contributed by atoms with Gasteiger partial charge in [0.25, 0.3) is 11.6 Å². The average molecular weight is 663 g/mol. The van der Waals surface area contributed by atoms with Gasteiger partial charge in [-0.15, -0.1) is 0 Å². The SMILES string of the molecule is CC(=O)N[C@H]1[C@H]([C@H](O)[C@H](O)COS(=O)(=O)O)O[C@@]2(C[C@@H]1O)O[C@@H]([C@@H](O)[C@@H]1O[C@](O)(C(=O)O)C[C@H](O)[C@H]1NC(C)=O)COC2=O. The van der Waals surface area contributed by atoms with Crippen LogP contribution >= 0.6 is 0 Å². The minimum atomic E-state index is -5.09. The number of aliphatic hydroxyl groups excluding tert-OH is 5. The Bertz CT molecular complexity index is 1220. The molecule has 3 saturated heterocycles. The Morgan fingerprint density at radius 3 is 2.05 bits per heavy atom. The summed E-state index contributed by atoms with van der Waals surface area (Å²) in [5, 5.41) is 78.0. The molecule has 12 atom stereocenters. The number of carboxylic acid groups (broad SMARTS) is 1. The van der Waals surface area contributed by atoms with E-state index in [0.29, 0.717) is 0 Å². The summed E-state index contributed by atoms with van der Waals surface area (Å²) in [6.45, 7) is 0.00758. The molecule has 10 N–H and O–H groups in total. The molecule has 44 heavy (non-hydrogen) atoms. The maximum atomic E-state index is 13.0. The largest absolute Gasteiger partial charge is 0.477 e. The van der Waals surface area contributed by atoms with Crippen molar-refractivity contribution in [3.8, 4) is 0 Å². The standard InChI is InChI=1S/C22H34N2O19S/c1-7(25)23-13-9(27)3-21(35,19(32)33)42-18(13)16(31)12-6-39-20(34)22(41-12)4-10(28)14(24-8(2)26)17(43-22)15(30)11(29)5-40-44(36,37)38/h9-18,27-31,35H,3-6H2,1-2H3,(H,23,25)(H,24,26)(H,32,33)(H,36,37,38)/t9-,10-,11+,12+,13+,14+,15+,16+,17+,18+,21-,22+/m0/s1. The number of aliphatic hydroxyl groups is 6. The number of rotatable bonds is 10. The van der Waals surface area contributed by atoms with Crippen LogP contribution in [-0.4, -0.2) is 158 Å². The van der Waals surface area contributed by atoms with E-state index in [-0.39, 0.29) is 0 Å². The molecular formula is C22H34N2O19S. The fourth-order valence-electron chi connectivity index (χ4n) is 5.12. The molecule has 0 radical (unpaired) electrons. The van der Waals surface area contributed by atoms with Crippen molar-refractivity contribution in [2.45, 2.75) is 99.2 Å². The highest BCUT2D eigenvalue weighted by atomic mass is 32.3. The molecular weight excluding hydrogens is 628 g/mol. The first-order valence-corrected chi connectivity index (χ1v) is 14.3. The Labute approximate surface area is 248 Å². The Hall–Kier alpha value is -2.61. The molecule has 3 aliphatic heterocycles. The van der Waals surface area contributed by atoms with E-state index >= 15 is 0 Å². The van der Waals surface area contributed by atoms with E-state index < -0.39 is 133 Å². The lowest BCUT2D eigenvalue weighted by Gasteiger charge is -2.51. The van der Waals surface area contributed by atoms with Gasteiger partial charge in [-0.3, -0.25) is 14.1 Å². The van der Waals surface area contributed by atoms with Gasteiger partial charge in [-0.2, -0.15) is 8.42 Å². The van der Waals surface area contributed by atoms with Crippen LogP contribution in [-0.2, 0) is 52.7 Å². The lowest BCUT2D eigenvalue weighted by atomic mass is 9.87. The van der Waals surface area contributed by atoms with Gasteiger partial charge in [0, 0.05) is 26.7 Å². The lowest BCUT2D eigenvalue weighted by Crippen LogP contribution is -2.72. The molecule has 3 heterocycles. The highest BCUT2D eigenvalue weighted by Crippen LogP contribution is 2.39. The van der Waals surface area contributed by atoms with Crippen LogP contribution in [0.15, 0.2) is 0 Å². The van der Waals surface area contributed by atoms with Gasteiger partial charge in [0.05, 0.1) is 30.9 Å². The quantitative estimate of drug-likeness (QED) is 0.0767. The summed E-state index contributed by atoms with van der Waals surface area (Å²) in [7, 11) is -5.09. The number of esters is 1. The van der Waals surface area contributed by atoms with Crippen molar-refractivity contribution in [3.05, 3.63) is 0 Å². The number of carboxylic acids is 1. The zero-order valence-corrected chi connectivity index (χ0v) is 23.9. The Balaban J connectivity index is 1.93. The predicted octanol–water partition coefficient (Wildman–Crippen LogP) is -6.39. The molecule has 22 heteroatoms. The topological polar surface area (TPSA) is 334 Å². The third-order valence-electron chi connectivity index (χ3n) is 7.10. The second kappa shape index (κ2) is 13.4. The number of hydrogen-bond acceptors (Lipinski definition) is 17. The Morgan fingerprint density at radius 1 is 0.977 bits per heavy atom. The third kappa shape index (κ3) is 7.96. The van der Waals surface area contributed by atoms with Gasteiger partial charge >= 0.3 is 22.3 Å². The number of cyclic esters (lactones) is 1. The summed E-state index contributed by atoms with van der Waals surface area (Å²) in [4.78, 5) is 48.2. The maximum absolute atomic E-state index is 13.0. The summed E-state index contributed by atoms with van der Waals surface area (Å²) in [5.74, 6) is -10.6. The normalized spacial score (nSPS) is 38.2. The second-order valence-corrected chi connectivity index (χ2v) is 11.6. The van der Waals surface area contributed by atoms with E-state index in [1.165, 1.54) is 0 Å². The fourth-order valence-corrected chi connectivity index (χ4v) is 5.43. The van der Waals surface area contributed by atoms with Gasteiger partial charge in [0.2, 0.25) is 11.8 Å². The summed E-state index contributed by atoms with van der Waals surface area (Å²) < 4.78 is 56.1. The monoisotopic (exact) mass is 662 g/mol. The molecule has 0 saturated carbocycles.